The Morgan fingerprint density at radius 3 is 2.68 bits per heavy atom. The average molecular weight is 265 g/mol. The summed E-state index contributed by atoms with van der Waals surface area (Å²) >= 11 is 0. The number of nitrogens with zero attached hydrogens (tertiary/aromatic N) is 1. The van der Waals surface area contributed by atoms with Gasteiger partial charge in [-0.3, -0.25) is 9.69 Å². The maximum absolute atomic E-state index is 11.2. The molecule has 0 bridgehead atoms. The zero-order chi connectivity index (χ0) is 14.1. The smallest absolute Gasteiger partial charge is 0.306 e. The molecule has 0 aromatic heterocycles. The van der Waals surface area contributed by atoms with Crippen LogP contribution in [0.1, 0.15) is 17.5 Å². The Labute approximate surface area is 115 Å². The molecule has 0 aliphatic rings. The number of ether oxygens (including phenoxy) is 2. The predicted molar refractivity (Wildman–Crippen MR) is 75.0 cm³/mol. The van der Waals surface area contributed by atoms with Crippen molar-refractivity contribution < 1.29 is 14.3 Å². The molecule has 0 aliphatic heterocycles. The number of aryl methyl sites for hydroxylation is 1. The Kier molecular flexibility index (Phi) is 7.15. The van der Waals surface area contributed by atoms with E-state index in [1.165, 1.54) is 18.2 Å². The van der Waals surface area contributed by atoms with Gasteiger partial charge >= 0.3 is 5.97 Å². The lowest BCUT2D eigenvalue weighted by Gasteiger charge is -2.21. The quantitative estimate of drug-likeness (QED) is 0.674. The molecule has 0 N–H and O–H groups in total. The van der Waals surface area contributed by atoms with Crippen LogP contribution in [0.3, 0.4) is 0 Å². The van der Waals surface area contributed by atoms with Gasteiger partial charge in [-0.25, -0.2) is 0 Å². The summed E-state index contributed by atoms with van der Waals surface area (Å²) in [6, 6.07) is 8.40. The molecule has 0 radical (unpaired) electrons. The van der Waals surface area contributed by atoms with E-state index in [0.29, 0.717) is 19.6 Å². The van der Waals surface area contributed by atoms with E-state index < -0.39 is 0 Å². The molecule has 0 amide bonds. The first-order valence-corrected chi connectivity index (χ1v) is 6.49. The maximum Gasteiger partial charge on any atom is 0.306 e. The fourth-order valence-electron chi connectivity index (χ4n) is 1.91. The molecule has 4 heteroatoms. The molecule has 0 atom stereocenters. The van der Waals surface area contributed by atoms with Crippen LogP contribution >= 0.6 is 0 Å². The fraction of sp³-hybridized carbons (Fsp3) is 0.533. The summed E-state index contributed by atoms with van der Waals surface area (Å²) in [6.07, 6.45) is 0.409. The summed E-state index contributed by atoms with van der Waals surface area (Å²) in [7, 11) is 3.10. The van der Waals surface area contributed by atoms with Crippen LogP contribution in [0.5, 0.6) is 0 Å². The Balaban J connectivity index is 2.55. The molecule has 1 aromatic carbocycles. The molecule has 19 heavy (non-hydrogen) atoms. The van der Waals surface area contributed by atoms with E-state index in [-0.39, 0.29) is 5.97 Å². The lowest BCUT2D eigenvalue weighted by Crippen LogP contribution is -2.29. The van der Waals surface area contributed by atoms with Crippen molar-refractivity contribution in [2.45, 2.75) is 19.9 Å². The van der Waals surface area contributed by atoms with E-state index in [1.807, 2.05) is 0 Å². The highest BCUT2D eigenvalue weighted by Gasteiger charge is 2.09. The van der Waals surface area contributed by atoms with E-state index in [4.69, 9.17) is 4.74 Å². The van der Waals surface area contributed by atoms with Gasteiger partial charge in [-0.2, -0.15) is 0 Å². The van der Waals surface area contributed by atoms with Gasteiger partial charge in [0.25, 0.3) is 0 Å². The second-order valence-corrected chi connectivity index (χ2v) is 4.58. The highest BCUT2D eigenvalue weighted by molar-refractivity contribution is 5.69. The van der Waals surface area contributed by atoms with Gasteiger partial charge < -0.3 is 9.47 Å². The van der Waals surface area contributed by atoms with Crippen molar-refractivity contribution in [3.63, 3.8) is 0 Å². The van der Waals surface area contributed by atoms with Crippen LogP contribution in [-0.4, -0.2) is 44.8 Å². The monoisotopic (exact) mass is 265 g/mol. The Hall–Kier alpha value is -1.39. The summed E-state index contributed by atoms with van der Waals surface area (Å²) in [5.74, 6) is -0.174. The number of methoxy groups -OCH3 is 2. The molecule has 106 valence electrons. The molecule has 4 nitrogen and oxygen atoms in total. The highest BCUT2D eigenvalue weighted by Crippen LogP contribution is 2.08. The van der Waals surface area contributed by atoms with E-state index in [0.717, 1.165) is 13.1 Å². The van der Waals surface area contributed by atoms with Gasteiger partial charge in [-0.15, -0.1) is 0 Å². The van der Waals surface area contributed by atoms with Crippen LogP contribution in [0.25, 0.3) is 0 Å². The van der Waals surface area contributed by atoms with Gasteiger partial charge in [0.05, 0.1) is 20.1 Å². The van der Waals surface area contributed by atoms with Crippen molar-refractivity contribution in [3.8, 4) is 0 Å². The third-order valence-electron chi connectivity index (χ3n) is 2.96. The van der Waals surface area contributed by atoms with Crippen LogP contribution in [0.2, 0.25) is 0 Å². The van der Waals surface area contributed by atoms with Crippen LogP contribution in [0.15, 0.2) is 24.3 Å². The minimum absolute atomic E-state index is 0.174. The van der Waals surface area contributed by atoms with Crippen molar-refractivity contribution in [1.82, 2.24) is 4.90 Å². The van der Waals surface area contributed by atoms with Gasteiger partial charge in [0.1, 0.15) is 0 Å². The fourth-order valence-corrected chi connectivity index (χ4v) is 1.91. The summed E-state index contributed by atoms with van der Waals surface area (Å²) in [4.78, 5) is 13.4. The first-order valence-electron chi connectivity index (χ1n) is 6.49. The van der Waals surface area contributed by atoms with Crippen LogP contribution in [0, 0.1) is 6.92 Å². The van der Waals surface area contributed by atoms with Gasteiger partial charge in [0, 0.05) is 26.7 Å². The molecule has 0 saturated carbocycles. The second kappa shape index (κ2) is 8.67. The van der Waals surface area contributed by atoms with E-state index >= 15 is 0 Å². The average Bonchev–Trinajstić information content (AvgIpc) is 2.41. The number of hydrogen-bond donors (Lipinski definition) is 0. The first-order chi connectivity index (χ1) is 9.15. The topological polar surface area (TPSA) is 38.8 Å². The Morgan fingerprint density at radius 1 is 1.26 bits per heavy atom. The molecule has 0 spiro atoms. The number of carbonyl (C=O) groups excluding carboxylic acids is 1. The van der Waals surface area contributed by atoms with Gasteiger partial charge in [-0.1, -0.05) is 29.8 Å². The lowest BCUT2D eigenvalue weighted by atomic mass is 10.1. The molecule has 0 heterocycles. The van der Waals surface area contributed by atoms with Gasteiger partial charge in [0.2, 0.25) is 0 Å². The normalized spacial score (nSPS) is 10.7. The highest BCUT2D eigenvalue weighted by atomic mass is 16.5. The molecule has 0 aliphatic carbocycles. The predicted octanol–water partition coefficient (Wildman–Crippen LogP) is 2.01. The second-order valence-electron chi connectivity index (χ2n) is 4.58. The van der Waals surface area contributed by atoms with E-state index in [1.54, 1.807) is 7.11 Å². The van der Waals surface area contributed by atoms with Crippen LogP contribution in [-0.2, 0) is 20.8 Å². The van der Waals surface area contributed by atoms with Gasteiger partial charge in [0.15, 0.2) is 0 Å². The Morgan fingerprint density at radius 2 is 2.05 bits per heavy atom. The maximum atomic E-state index is 11.2. The zero-order valence-electron chi connectivity index (χ0n) is 12.0. The van der Waals surface area contributed by atoms with Crippen molar-refractivity contribution >= 4 is 5.97 Å². The van der Waals surface area contributed by atoms with Crippen molar-refractivity contribution in [1.29, 1.82) is 0 Å². The number of esters is 1. The minimum Gasteiger partial charge on any atom is -0.469 e. The van der Waals surface area contributed by atoms with Crippen molar-refractivity contribution in [2.24, 2.45) is 0 Å². The molecular weight excluding hydrogens is 242 g/mol. The minimum atomic E-state index is -0.174. The number of carbonyl (C=O) groups is 1. The molecule has 0 fully saturated rings. The van der Waals surface area contributed by atoms with Crippen LogP contribution in [0.4, 0.5) is 0 Å². The van der Waals surface area contributed by atoms with E-state index in [9.17, 15) is 4.79 Å². The standard InChI is InChI=1S/C15H23NO3/c1-13-5-4-6-14(11-13)12-16(9-10-18-2)8-7-15(17)19-3/h4-6,11H,7-10,12H2,1-3H3. The molecule has 1 rings (SSSR count). The first kappa shape index (κ1) is 15.7. The summed E-state index contributed by atoms with van der Waals surface area (Å²) < 4.78 is 9.79. The van der Waals surface area contributed by atoms with Crippen LogP contribution < -0.4 is 0 Å². The number of benzene rings is 1. The lowest BCUT2D eigenvalue weighted by molar-refractivity contribution is -0.141. The summed E-state index contributed by atoms with van der Waals surface area (Å²) in [5, 5.41) is 0. The van der Waals surface area contributed by atoms with E-state index in [2.05, 4.69) is 40.8 Å². The SMILES string of the molecule is COCCN(CCC(=O)OC)Cc1cccc(C)c1. The third kappa shape index (κ3) is 6.36. The van der Waals surface area contributed by atoms with Gasteiger partial charge in [-0.05, 0) is 12.5 Å². The molecule has 0 saturated heterocycles. The largest absolute Gasteiger partial charge is 0.469 e. The Bertz CT molecular complexity index is 393. The molecule has 0 unspecified atom stereocenters. The summed E-state index contributed by atoms with van der Waals surface area (Å²) in [6.45, 7) is 5.05. The third-order valence-corrected chi connectivity index (χ3v) is 2.96. The van der Waals surface area contributed by atoms with Crippen molar-refractivity contribution in [3.05, 3.63) is 35.4 Å². The molecular formula is C15H23NO3. The summed E-state index contributed by atoms with van der Waals surface area (Å²) in [5.41, 5.74) is 2.50. The van der Waals surface area contributed by atoms with Crippen molar-refractivity contribution in [2.75, 3.05) is 33.9 Å². The number of hydrogen-bond acceptors (Lipinski definition) is 4. The zero-order valence-corrected chi connectivity index (χ0v) is 12.0. The number of rotatable bonds is 8. The molecule has 1 aromatic rings.